The Bertz CT molecular complexity index is 1020. The van der Waals surface area contributed by atoms with Crippen molar-refractivity contribution in [1.29, 1.82) is 0 Å². The molecule has 0 unspecified atom stereocenters. The van der Waals surface area contributed by atoms with Crippen molar-refractivity contribution in [1.82, 2.24) is 5.32 Å². The molecule has 3 rings (SSSR count). The summed E-state index contributed by atoms with van der Waals surface area (Å²) in [6.45, 7) is 0.341. The number of carbonyl (C=O) groups is 2. The van der Waals surface area contributed by atoms with E-state index in [-0.39, 0.29) is 11.8 Å². The van der Waals surface area contributed by atoms with E-state index in [1.165, 1.54) is 0 Å². The van der Waals surface area contributed by atoms with Crippen LogP contribution in [0.25, 0.3) is 0 Å². The molecule has 0 aliphatic rings. The summed E-state index contributed by atoms with van der Waals surface area (Å²) in [6.07, 6.45) is 0. The highest BCUT2D eigenvalue weighted by atomic mass is 16.5. The van der Waals surface area contributed by atoms with E-state index in [0.29, 0.717) is 29.1 Å². The van der Waals surface area contributed by atoms with Gasteiger partial charge in [0.2, 0.25) is 0 Å². The van der Waals surface area contributed by atoms with Gasteiger partial charge in [-0.2, -0.15) is 0 Å². The second kappa shape index (κ2) is 9.41. The van der Waals surface area contributed by atoms with Gasteiger partial charge in [0.25, 0.3) is 11.8 Å². The van der Waals surface area contributed by atoms with Gasteiger partial charge in [0.05, 0.1) is 25.5 Å². The first kappa shape index (κ1) is 19.9. The topological polar surface area (TPSA) is 76.7 Å². The number of rotatable bonds is 7. The molecule has 0 aliphatic heterocycles. The molecule has 6 heteroatoms. The van der Waals surface area contributed by atoms with Gasteiger partial charge < -0.3 is 20.1 Å². The van der Waals surface area contributed by atoms with Crippen LogP contribution in [0.1, 0.15) is 26.3 Å². The molecule has 29 heavy (non-hydrogen) atoms. The fourth-order valence-corrected chi connectivity index (χ4v) is 2.81. The molecule has 0 saturated carbocycles. The molecule has 3 aromatic carbocycles. The SMILES string of the molecule is COc1cccc(CNC(=O)c2ccccc2NC(=O)c2cccc(OC)c2)c1. The Morgan fingerprint density at radius 3 is 2.24 bits per heavy atom. The Hall–Kier alpha value is -3.80. The quantitative estimate of drug-likeness (QED) is 0.642. The summed E-state index contributed by atoms with van der Waals surface area (Å²) in [5, 5.41) is 5.67. The van der Waals surface area contributed by atoms with Crippen LogP contribution in [0.5, 0.6) is 11.5 Å². The Morgan fingerprint density at radius 2 is 1.48 bits per heavy atom. The van der Waals surface area contributed by atoms with E-state index < -0.39 is 0 Å². The van der Waals surface area contributed by atoms with Gasteiger partial charge in [-0.3, -0.25) is 9.59 Å². The third-order valence-corrected chi connectivity index (χ3v) is 4.34. The van der Waals surface area contributed by atoms with Gasteiger partial charge in [-0.05, 0) is 48.0 Å². The molecule has 0 atom stereocenters. The van der Waals surface area contributed by atoms with E-state index in [2.05, 4.69) is 10.6 Å². The fourth-order valence-electron chi connectivity index (χ4n) is 2.81. The molecule has 148 valence electrons. The molecule has 3 aromatic rings. The van der Waals surface area contributed by atoms with Crippen LogP contribution in [0.15, 0.2) is 72.8 Å². The number of hydrogen-bond donors (Lipinski definition) is 2. The number of anilines is 1. The van der Waals surface area contributed by atoms with Gasteiger partial charge in [0.1, 0.15) is 11.5 Å². The maximum Gasteiger partial charge on any atom is 0.255 e. The highest BCUT2D eigenvalue weighted by Gasteiger charge is 2.14. The summed E-state index contributed by atoms with van der Waals surface area (Å²) in [5.74, 6) is 0.705. The lowest BCUT2D eigenvalue weighted by Crippen LogP contribution is -2.24. The number of ether oxygens (including phenoxy) is 2. The molecule has 0 saturated heterocycles. The van der Waals surface area contributed by atoms with Gasteiger partial charge >= 0.3 is 0 Å². The van der Waals surface area contributed by atoms with Crippen molar-refractivity contribution >= 4 is 17.5 Å². The molecule has 0 aromatic heterocycles. The highest BCUT2D eigenvalue weighted by Crippen LogP contribution is 2.19. The van der Waals surface area contributed by atoms with Crippen molar-refractivity contribution in [2.45, 2.75) is 6.54 Å². The zero-order chi connectivity index (χ0) is 20.6. The van der Waals surface area contributed by atoms with E-state index in [0.717, 1.165) is 11.3 Å². The summed E-state index contributed by atoms with van der Waals surface area (Å²) in [6, 6.07) is 21.2. The third kappa shape index (κ3) is 5.13. The minimum absolute atomic E-state index is 0.283. The summed E-state index contributed by atoms with van der Waals surface area (Å²) in [7, 11) is 3.14. The normalized spacial score (nSPS) is 10.1. The van der Waals surface area contributed by atoms with Crippen molar-refractivity contribution in [2.75, 3.05) is 19.5 Å². The van der Waals surface area contributed by atoms with Crippen LogP contribution in [0.3, 0.4) is 0 Å². The average molecular weight is 390 g/mol. The van der Waals surface area contributed by atoms with E-state index in [1.54, 1.807) is 62.8 Å². The van der Waals surface area contributed by atoms with Crippen LogP contribution in [-0.4, -0.2) is 26.0 Å². The summed E-state index contributed by atoms with van der Waals surface area (Å²) in [5.41, 5.74) is 2.17. The lowest BCUT2D eigenvalue weighted by Gasteiger charge is -2.12. The number of hydrogen-bond acceptors (Lipinski definition) is 4. The molecular formula is C23H22N2O4. The smallest absolute Gasteiger partial charge is 0.255 e. The molecule has 2 N–H and O–H groups in total. The molecule has 6 nitrogen and oxygen atoms in total. The second-order valence-corrected chi connectivity index (χ2v) is 6.27. The molecule has 0 bridgehead atoms. The van der Waals surface area contributed by atoms with Crippen LogP contribution < -0.4 is 20.1 Å². The van der Waals surface area contributed by atoms with Gasteiger partial charge in [-0.15, -0.1) is 0 Å². The van der Waals surface area contributed by atoms with Crippen molar-refractivity contribution in [2.24, 2.45) is 0 Å². The van der Waals surface area contributed by atoms with Gasteiger partial charge in [0.15, 0.2) is 0 Å². The number of methoxy groups -OCH3 is 2. The first-order valence-electron chi connectivity index (χ1n) is 9.06. The summed E-state index contributed by atoms with van der Waals surface area (Å²) >= 11 is 0. The van der Waals surface area contributed by atoms with E-state index in [4.69, 9.17) is 9.47 Å². The van der Waals surface area contributed by atoms with Gasteiger partial charge in [-0.1, -0.05) is 30.3 Å². The number of para-hydroxylation sites is 1. The largest absolute Gasteiger partial charge is 0.497 e. The lowest BCUT2D eigenvalue weighted by molar-refractivity contribution is 0.0951. The molecule has 0 spiro atoms. The van der Waals surface area contributed by atoms with Crippen LogP contribution in [-0.2, 0) is 6.54 Å². The first-order valence-corrected chi connectivity index (χ1v) is 9.06. The molecule has 0 fully saturated rings. The van der Waals surface area contributed by atoms with Crippen molar-refractivity contribution in [3.8, 4) is 11.5 Å². The summed E-state index contributed by atoms with van der Waals surface area (Å²) < 4.78 is 10.4. The lowest BCUT2D eigenvalue weighted by atomic mass is 10.1. The molecule has 0 aliphatic carbocycles. The maximum absolute atomic E-state index is 12.7. The van der Waals surface area contributed by atoms with Crippen molar-refractivity contribution in [3.63, 3.8) is 0 Å². The Labute approximate surface area is 169 Å². The number of carbonyl (C=O) groups excluding carboxylic acids is 2. The first-order chi connectivity index (χ1) is 14.1. The van der Waals surface area contributed by atoms with E-state index >= 15 is 0 Å². The molecule has 0 radical (unpaired) electrons. The third-order valence-electron chi connectivity index (χ3n) is 4.34. The fraction of sp³-hybridized carbons (Fsp3) is 0.130. The van der Waals surface area contributed by atoms with Crippen molar-refractivity contribution < 1.29 is 19.1 Å². The Balaban J connectivity index is 1.72. The molecule has 0 heterocycles. The van der Waals surface area contributed by atoms with Crippen LogP contribution in [0.4, 0.5) is 5.69 Å². The number of nitrogens with one attached hydrogen (secondary N) is 2. The standard InChI is InChI=1S/C23H22N2O4/c1-28-18-9-5-7-16(13-18)15-24-23(27)20-11-3-4-12-21(20)25-22(26)17-8-6-10-19(14-17)29-2/h3-14H,15H2,1-2H3,(H,24,27)(H,25,26). The van der Waals surface area contributed by atoms with Gasteiger partial charge in [0, 0.05) is 12.1 Å². The van der Waals surface area contributed by atoms with Crippen LogP contribution in [0.2, 0.25) is 0 Å². The Kier molecular flexibility index (Phi) is 6.47. The monoisotopic (exact) mass is 390 g/mol. The summed E-state index contributed by atoms with van der Waals surface area (Å²) in [4.78, 5) is 25.3. The molecular weight excluding hydrogens is 368 g/mol. The van der Waals surface area contributed by atoms with E-state index in [1.807, 2.05) is 24.3 Å². The molecule has 2 amide bonds. The predicted octanol–water partition coefficient (Wildman–Crippen LogP) is 3.89. The zero-order valence-electron chi connectivity index (χ0n) is 16.3. The zero-order valence-corrected chi connectivity index (χ0v) is 16.3. The van der Waals surface area contributed by atoms with Crippen LogP contribution in [0, 0.1) is 0 Å². The Morgan fingerprint density at radius 1 is 0.793 bits per heavy atom. The minimum Gasteiger partial charge on any atom is -0.497 e. The van der Waals surface area contributed by atoms with E-state index in [9.17, 15) is 9.59 Å². The van der Waals surface area contributed by atoms with Crippen molar-refractivity contribution in [3.05, 3.63) is 89.5 Å². The maximum atomic E-state index is 12.7. The second-order valence-electron chi connectivity index (χ2n) is 6.27. The van der Waals surface area contributed by atoms with Gasteiger partial charge in [-0.25, -0.2) is 0 Å². The van der Waals surface area contributed by atoms with Crippen LogP contribution >= 0.6 is 0 Å². The minimum atomic E-state index is -0.322. The number of benzene rings is 3. The predicted molar refractivity (Wildman–Crippen MR) is 112 cm³/mol. The average Bonchev–Trinajstić information content (AvgIpc) is 2.78. The number of amides is 2. The highest BCUT2D eigenvalue weighted by molar-refractivity contribution is 6.09.